The zero-order chi connectivity index (χ0) is 22.6. The lowest BCUT2D eigenvalue weighted by Crippen LogP contribution is -1.88. The van der Waals surface area contributed by atoms with Gasteiger partial charge >= 0.3 is 0 Å². The first-order valence-corrected chi connectivity index (χ1v) is 17.7. The molecule has 0 unspecified atom stereocenters. The summed E-state index contributed by atoms with van der Waals surface area (Å²) in [5, 5.41) is 7.59. The number of benzene rings is 6. The highest BCUT2D eigenvalue weighted by atomic mass is 33.1. The van der Waals surface area contributed by atoms with Gasteiger partial charge in [0.05, 0.1) is 0 Å². The van der Waals surface area contributed by atoms with Gasteiger partial charge in [0.25, 0.3) is 0 Å². The molecule has 2 heterocycles. The molecule has 0 bridgehead atoms. The van der Waals surface area contributed by atoms with E-state index in [0.29, 0.717) is 0 Å². The van der Waals surface area contributed by atoms with E-state index >= 15 is 0 Å². The Morgan fingerprint density at radius 1 is 0.500 bits per heavy atom. The maximum atomic E-state index is 5.92. The molecular formula is C26H10S8. The zero-order valence-corrected chi connectivity index (χ0v) is 23.6. The third-order valence-corrected chi connectivity index (χ3v) is 14.4. The molecule has 4 aliphatic rings. The van der Waals surface area contributed by atoms with E-state index in [1.54, 1.807) is 21.6 Å². The number of hydrogen-bond acceptors (Lipinski definition) is 8. The molecule has 8 heteroatoms. The van der Waals surface area contributed by atoms with Crippen LogP contribution in [0.1, 0.15) is 0 Å². The fourth-order valence-electron chi connectivity index (χ4n) is 4.94. The van der Waals surface area contributed by atoms with Crippen LogP contribution in [0.4, 0.5) is 0 Å². The van der Waals surface area contributed by atoms with Gasteiger partial charge in [-0.2, -0.15) is 0 Å². The van der Waals surface area contributed by atoms with Crippen LogP contribution in [-0.4, -0.2) is 0 Å². The minimum absolute atomic E-state index is 0.943. The van der Waals surface area contributed by atoms with Crippen LogP contribution in [0.25, 0.3) is 62.6 Å². The normalized spacial score (nSPS) is 12.6. The molecule has 0 N–H and O–H groups in total. The van der Waals surface area contributed by atoms with Crippen molar-refractivity contribution >= 4 is 129 Å². The predicted octanol–water partition coefficient (Wildman–Crippen LogP) is 11.9. The van der Waals surface area contributed by atoms with E-state index in [-0.39, 0.29) is 0 Å². The van der Waals surface area contributed by atoms with E-state index in [0.717, 1.165) is 9.02 Å². The van der Waals surface area contributed by atoms with Crippen LogP contribution in [0.2, 0.25) is 0 Å². The molecule has 2 aliphatic heterocycles. The second-order valence-corrected chi connectivity index (χ2v) is 15.7. The first-order valence-electron chi connectivity index (χ1n) is 10.4. The van der Waals surface area contributed by atoms with Gasteiger partial charge in [0.1, 0.15) is 0 Å². The van der Waals surface area contributed by atoms with Crippen molar-refractivity contribution in [3.05, 3.63) is 69.7 Å². The fraction of sp³-hybridized carbons (Fsp3) is 0. The monoisotopic (exact) mass is 578 g/mol. The minimum Gasteiger partial charge on any atom is -0.0794 e. The van der Waals surface area contributed by atoms with Crippen molar-refractivity contribution in [2.24, 2.45) is 0 Å². The molecule has 0 atom stereocenters. The fourth-order valence-corrected chi connectivity index (χ4v) is 13.2. The second-order valence-electron chi connectivity index (χ2n) is 8.20. The first-order chi connectivity index (χ1) is 16.7. The van der Waals surface area contributed by atoms with Gasteiger partial charge in [0.2, 0.25) is 0 Å². The summed E-state index contributed by atoms with van der Waals surface area (Å²) in [5.41, 5.74) is 2.74. The van der Waals surface area contributed by atoms with Crippen molar-refractivity contribution in [2.75, 3.05) is 0 Å². The van der Waals surface area contributed by atoms with E-state index in [2.05, 4.69) is 60.7 Å². The summed E-state index contributed by atoms with van der Waals surface area (Å²) < 4.78 is 4.58. The van der Waals surface area contributed by atoms with Crippen molar-refractivity contribution in [3.63, 3.8) is 0 Å². The summed E-state index contributed by atoms with van der Waals surface area (Å²) in [6.07, 6.45) is 0. The smallest absolute Gasteiger partial charge is 0.0485 e. The Morgan fingerprint density at radius 3 is 1.41 bits per heavy atom. The van der Waals surface area contributed by atoms with Crippen molar-refractivity contribution in [1.82, 2.24) is 0 Å². The average molecular weight is 579 g/mol. The third-order valence-electron chi connectivity index (χ3n) is 6.39. The Bertz CT molecular complexity index is 1920. The first kappa shape index (κ1) is 20.8. The van der Waals surface area contributed by atoms with Crippen molar-refractivity contribution in [1.29, 1.82) is 0 Å². The Hall–Kier alpha value is -1.36. The van der Waals surface area contributed by atoms with E-state index < -0.39 is 0 Å². The Balaban J connectivity index is 1.33. The Morgan fingerprint density at radius 2 is 0.941 bits per heavy atom. The van der Waals surface area contributed by atoms with Gasteiger partial charge in [-0.15, -0.1) is 0 Å². The molecule has 4 aromatic carbocycles. The summed E-state index contributed by atoms with van der Waals surface area (Å²) in [5.74, 6) is 0. The standard InChI is InChI=1S/C26H10S8/c27-13-9-19-25-17(31-33-19)7-3-11-1-5-15(23(13)21(11)25)29-30-16-6-2-12-4-8-18-26-20(34-32-18)10-14(28)24(16)22(12)26/h1-10H. The molecule has 2 aliphatic carbocycles. The third kappa shape index (κ3) is 2.82. The lowest BCUT2D eigenvalue weighted by Gasteiger charge is -2.15. The predicted molar refractivity (Wildman–Crippen MR) is 163 cm³/mol. The van der Waals surface area contributed by atoms with Gasteiger partial charge in [-0.25, -0.2) is 0 Å². The molecule has 162 valence electrons. The largest absolute Gasteiger partial charge is 0.0794 e. The Labute approximate surface area is 227 Å². The summed E-state index contributed by atoms with van der Waals surface area (Å²) in [4.78, 5) is 5.05. The van der Waals surface area contributed by atoms with Gasteiger partial charge in [0, 0.05) is 70.6 Å². The van der Waals surface area contributed by atoms with Crippen LogP contribution in [0.5, 0.6) is 0 Å². The van der Waals surface area contributed by atoms with Gasteiger partial charge < -0.3 is 0 Å². The summed E-state index contributed by atoms with van der Waals surface area (Å²) >= 11 is 11.8. The van der Waals surface area contributed by atoms with Crippen LogP contribution in [-0.2, 0) is 0 Å². The van der Waals surface area contributed by atoms with Crippen LogP contribution in [0.3, 0.4) is 0 Å². The molecule has 0 nitrogen and oxygen atoms in total. The maximum Gasteiger partial charge on any atom is 0.0485 e. The lowest BCUT2D eigenvalue weighted by molar-refractivity contribution is 1.56. The molecular weight excluding hydrogens is 569 g/mol. The average Bonchev–Trinajstić information content (AvgIpc) is 3.46. The van der Waals surface area contributed by atoms with Crippen LogP contribution < -0.4 is 0 Å². The molecule has 4 aromatic rings. The second kappa shape index (κ2) is 7.57. The molecule has 0 radical (unpaired) electrons. The molecule has 34 heavy (non-hydrogen) atoms. The summed E-state index contributed by atoms with van der Waals surface area (Å²) in [6, 6.07) is 22.3. The highest BCUT2D eigenvalue weighted by Gasteiger charge is 2.21. The molecule has 0 amide bonds. The summed E-state index contributed by atoms with van der Waals surface area (Å²) in [7, 11) is 10.9. The van der Waals surface area contributed by atoms with E-state index in [1.807, 2.05) is 41.4 Å². The topological polar surface area (TPSA) is 0 Å². The number of rotatable bonds is 3. The van der Waals surface area contributed by atoms with Gasteiger partial charge in [-0.3, -0.25) is 0 Å². The molecule has 0 aromatic heterocycles. The van der Waals surface area contributed by atoms with Gasteiger partial charge in [-0.1, -0.05) is 112 Å². The van der Waals surface area contributed by atoms with E-state index in [1.165, 1.54) is 72.4 Å². The van der Waals surface area contributed by atoms with Gasteiger partial charge in [0.15, 0.2) is 0 Å². The molecule has 0 saturated carbocycles. The summed E-state index contributed by atoms with van der Waals surface area (Å²) in [6.45, 7) is 0. The highest BCUT2D eigenvalue weighted by Crippen LogP contribution is 2.52. The van der Waals surface area contributed by atoms with E-state index in [4.69, 9.17) is 24.4 Å². The van der Waals surface area contributed by atoms with Gasteiger partial charge in [-0.05, 0) is 47.2 Å². The SMILES string of the molecule is S=c1cc2ssc3ccc4ccc(SSc5ccc6ccc7ssc8cc(=S)c5c6c7-8)c1c4c3-2. The van der Waals surface area contributed by atoms with Crippen LogP contribution in [0, 0.1) is 9.02 Å². The zero-order valence-electron chi connectivity index (χ0n) is 17.0. The van der Waals surface area contributed by atoms with Crippen molar-refractivity contribution in [3.8, 4) is 20.9 Å². The number of hydrogen-bond donors (Lipinski definition) is 0. The van der Waals surface area contributed by atoms with Crippen molar-refractivity contribution < 1.29 is 0 Å². The molecule has 0 spiro atoms. The molecule has 0 saturated heterocycles. The molecule has 8 rings (SSSR count). The maximum absolute atomic E-state index is 5.92. The van der Waals surface area contributed by atoms with E-state index in [9.17, 15) is 0 Å². The minimum atomic E-state index is 0.943. The van der Waals surface area contributed by atoms with Crippen LogP contribution in [0.15, 0.2) is 70.5 Å². The quantitative estimate of drug-likeness (QED) is 0.151. The molecule has 0 fully saturated rings. The lowest BCUT2D eigenvalue weighted by atomic mass is 9.97. The van der Waals surface area contributed by atoms with Crippen LogP contribution >= 0.6 is 87.4 Å². The van der Waals surface area contributed by atoms with Crippen molar-refractivity contribution in [2.45, 2.75) is 9.79 Å². The highest BCUT2D eigenvalue weighted by molar-refractivity contribution is 8.76. The Kier molecular flexibility index (Phi) is 4.63.